The quantitative estimate of drug-likeness (QED) is 0.652. The summed E-state index contributed by atoms with van der Waals surface area (Å²) in [6.07, 6.45) is 2.87. The third-order valence-electron chi connectivity index (χ3n) is 0.992. The number of rotatable bonds is 1. The van der Waals surface area contributed by atoms with E-state index >= 15 is 0 Å². The van der Waals surface area contributed by atoms with Crippen molar-refractivity contribution in [2.45, 2.75) is 0 Å². The maximum absolute atomic E-state index is 12.5. The van der Waals surface area contributed by atoms with Crippen molar-refractivity contribution < 1.29 is 9.18 Å². The number of carbonyl (C=O) groups excluding carboxylic acids is 1. The van der Waals surface area contributed by atoms with E-state index in [-0.39, 0.29) is 10.0 Å². The van der Waals surface area contributed by atoms with E-state index in [0.29, 0.717) is 6.29 Å². The lowest BCUT2D eigenvalue weighted by atomic mass is 10.3. The molecule has 0 aromatic carbocycles. The molecule has 0 spiro atoms. The SMILES string of the molecule is O=Cc1cncc(F)c1Br. The largest absolute Gasteiger partial charge is 0.298 e. The second-order valence-corrected chi connectivity index (χ2v) is 2.44. The van der Waals surface area contributed by atoms with Gasteiger partial charge in [0.2, 0.25) is 0 Å². The molecule has 0 aliphatic heterocycles. The first-order valence-electron chi connectivity index (χ1n) is 2.50. The highest BCUT2D eigenvalue weighted by Gasteiger charge is 2.03. The van der Waals surface area contributed by atoms with Crippen molar-refractivity contribution in [3.8, 4) is 0 Å². The smallest absolute Gasteiger partial charge is 0.156 e. The summed E-state index contributed by atoms with van der Waals surface area (Å²) in [6.45, 7) is 0. The summed E-state index contributed by atoms with van der Waals surface area (Å²) < 4.78 is 12.7. The van der Waals surface area contributed by atoms with E-state index < -0.39 is 5.82 Å². The number of carbonyl (C=O) groups is 1. The molecule has 0 aliphatic carbocycles. The Balaban J connectivity index is 3.27. The highest BCUT2D eigenvalue weighted by Crippen LogP contribution is 2.16. The molecular weight excluding hydrogens is 201 g/mol. The van der Waals surface area contributed by atoms with Crippen LogP contribution in [0.5, 0.6) is 0 Å². The van der Waals surface area contributed by atoms with Crippen LogP contribution in [-0.2, 0) is 0 Å². The van der Waals surface area contributed by atoms with Gasteiger partial charge >= 0.3 is 0 Å². The lowest BCUT2D eigenvalue weighted by molar-refractivity contribution is 0.112. The van der Waals surface area contributed by atoms with Gasteiger partial charge in [-0.2, -0.15) is 0 Å². The summed E-state index contributed by atoms with van der Waals surface area (Å²) in [5.74, 6) is -0.524. The number of nitrogens with zero attached hydrogens (tertiary/aromatic N) is 1. The van der Waals surface area contributed by atoms with Crippen molar-refractivity contribution in [1.29, 1.82) is 0 Å². The number of pyridine rings is 1. The van der Waals surface area contributed by atoms with E-state index in [1.165, 1.54) is 6.20 Å². The second-order valence-electron chi connectivity index (χ2n) is 1.64. The van der Waals surface area contributed by atoms with Crippen LogP contribution in [-0.4, -0.2) is 11.3 Å². The molecule has 1 aromatic heterocycles. The van der Waals surface area contributed by atoms with E-state index in [1.807, 2.05) is 0 Å². The Kier molecular flexibility index (Phi) is 2.11. The summed E-state index contributed by atoms with van der Waals surface area (Å²) in [5.41, 5.74) is 0.222. The zero-order valence-electron chi connectivity index (χ0n) is 4.84. The average Bonchev–Trinajstić information content (AvgIpc) is 1.95. The maximum Gasteiger partial charge on any atom is 0.156 e. The normalized spacial score (nSPS) is 9.40. The fraction of sp³-hybridized carbons (Fsp3) is 0. The van der Waals surface area contributed by atoms with E-state index in [1.54, 1.807) is 0 Å². The molecule has 52 valence electrons. The molecule has 1 rings (SSSR count). The third kappa shape index (κ3) is 1.21. The van der Waals surface area contributed by atoms with E-state index in [4.69, 9.17) is 0 Å². The van der Waals surface area contributed by atoms with Gasteiger partial charge in [0.05, 0.1) is 10.7 Å². The molecule has 0 saturated heterocycles. The van der Waals surface area contributed by atoms with Crippen molar-refractivity contribution in [1.82, 2.24) is 4.98 Å². The summed E-state index contributed by atoms with van der Waals surface area (Å²) in [7, 11) is 0. The standard InChI is InChI=1S/C6H3BrFNO/c7-6-4(3-10)1-9-2-5(6)8/h1-3H. The molecule has 0 amide bonds. The monoisotopic (exact) mass is 203 g/mol. The number of aromatic nitrogens is 1. The Labute approximate surface area is 65.2 Å². The molecule has 0 saturated carbocycles. The number of halogens is 2. The van der Waals surface area contributed by atoms with E-state index in [0.717, 1.165) is 6.20 Å². The van der Waals surface area contributed by atoms with Gasteiger partial charge in [-0.15, -0.1) is 0 Å². The minimum absolute atomic E-state index is 0.164. The van der Waals surface area contributed by atoms with Gasteiger partial charge in [-0.1, -0.05) is 0 Å². The molecule has 0 atom stereocenters. The fourth-order valence-electron chi connectivity index (χ4n) is 0.516. The fourth-order valence-corrected chi connectivity index (χ4v) is 0.815. The number of hydrogen-bond donors (Lipinski definition) is 0. The molecule has 10 heavy (non-hydrogen) atoms. The van der Waals surface area contributed by atoms with Crippen LogP contribution in [0.1, 0.15) is 10.4 Å². The lowest BCUT2D eigenvalue weighted by Gasteiger charge is -1.93. The average molecular weight is 204 g/mol. The molecule has 4 heteroatoms. The van der Waals surface area contributed by atoms with Crippen LogP contribution in [0.2, 0.25) is 0 Å². The predicted molar refractivity (Wildman–Crippen MR) is 37.3 cm³/mol. The van der Waals surface area contributed by atoms with Gasteiger partial charge in [-0.25, -0.2) is 4.39 Å². The molecule has 0 aliphatic rings. The Hall–Kier alpha value is -0.770. The molecule has 0 unspecified atom stereocenters. The predicted octanol–water partition coefficient (Wildman–Crippen LogP) is 1.80. The van der Waals surface area contributed by atoms with Gasteiger partial charge in [-0.3, -0.25) is 9.78 Å². The molecule has 1 heterocycles. The van der Waals surface area contributed by atoms with Crippen molar-refractivity contribution in [3.05, 3.63) is 28.2 Å². The zero-order chi connectivity index (χ0) is 7.56. The van der Waals surface area contributed by atoms with Crippen molar-refractivity contribution in [2.75, 3.05) is 0 Å². The zero-order valence-corrected chi connectivity index (χ0v) is 6.43. The lowest BCUT2D eigenvalue weighted by Crippen LogP contribution is -1.88. The highest BCUT2D eigenvalue weighted by molar-refractivity contribution is 9.10. The van der Waals surface area contributed by atoms with Crippen LogP contribution in [0, 0.1) is 5.82 Å². The Morgan fingerprint density at radius 1 is 1.60 bits per heavy atom. The van der Waals surface area contributed by atoms with Gasteiger partial charge < -0.3 is 0 Å². The van der Waals surface area contributed by atoms with Gasteiger partial charge in [0.25, 0.3) is 0 Å². The maximum atomic E-state index is 12.5. The summed E-state index contributed by atoms with van der Waals surface area (Å²) in [6, 6.07) is 0. The summed E-state index contributed by atoms with van der Waals surface area (Å²) >= 11 is 2.89. The Morgan fingerprint density at radius 3 is 2.80 bits per heavy atom. The molecule has 1 aromatic rings. The van der Waals surface area contributed by atoms with Crippen LogP contribution in [0.25, 0.3) is 0 Å². The van der Waals surface area contributed by atoms with Gasteiger partial charge in [0, 0.05) is 11.8 Å². The first-order valence-corrected chi connectivity index (χ1v) is 3.29. The molecular formula is C6H3BrFNO. The number of aldehydes is 1. The van der Waals surface area contributed by atoms with Crippen LogP contribution in [0.15, 0.2) is 16.9 Å². The van der Waals surface area contributed by atoms with Crippen molar-refractivity contribution in [3.63, 3.8) is 0 Å². The molecule has 0 radical (unpaired) electrons. The number of hydrogen-bond acceptors (Lipinski definition) is 2. The van der Waals surface area contributed by atoms with Crippen molar-refractivity contribution in [2.24, 2.45) is 0 Å². The van der Waals surface area contributed by atoms with Crippen molar-refractivity contribution >= 4 is 22.2 Å². The second kappa shape index (κ2) is 2.88. The van der Waals surface area contributed by atoms with Crippen LogP contribution in [0.4, 0.5) is 4.39 Å². The summed E-state index contributed by atoms with van der Waals surface area (Å²) in [4.78, 5) is 13.6. The van der Waals surface area contributed by atoms with E-state index in [9.17, 15) is 9.18 Å². The molecule has 0 bridgehead atoms. The topological polar surface area (TPSA) is 30.0 Å². The first kappa shape index (κ1) is 7.34. The van der Waals surface area contributed by atoms with Crippen LogP contribution in [0.3, 0.4) is 0 Å². The first-order chi connectivity index (χ1) is 4.75. The third-order valence-corrected chi connectivity index (χ3v) is 1.83. The Morgan fingerprint density at radius 2 is 2.30 bits per heavy atom. The molecule has 0 N–H and O–H groups in total. The molecule has 0 fully saturated rings. The molecule has 2 nitrogen and oxygen atoms in total. The van der Waals surface area contributed by atoms with E-state index in [2.05, 4.69) is 20.9 Å². The van der Waals surface area contributed by atoms with Crippen LogP contribution >= 0.6 is 15.9 Å². The summed E-state index contributed by atoms with van der Waals surface area (Å²) in [5, 5.41) is 0. The van der Waals surface area contributed by atoms with Gasteiger partial charge in [0.1, 0.15) is 0 Å². The highest BCUT2D eigenvalue weighted by atomic mass is 79.9. The van der Waals surface area contributed by atoms with Crippen LogP contribution < -0.4 is 0 Å². The van der Waals surface area contributed by atoms with Gasteiger partial charge in [0.15, 0.2) is 12.1 Å². The van der Waals surface area contributed by atoms with Gasteiger partial charge in [-0.05, 0) is 15.9 Å². The Bertz CT molecular complexity index is 264. The minimum Gasteiger partial charge on any atom is -0.298 e. The minimum atomic E-state index is -0.524.